The largest absolute Gasteiger partial charge is 0.365 e. The molecule has 0 bridgehead atoms. The van der Waals surface area contributed by atoms with Gasteiger partial charge >= 0.3 is 0 Å². The zero-order valence-electron chi connectivity index (χ0n) is 15.4. The van der Waals surface area contributed by atoms with Crippen molar-refractivity contribution in [3.05, 3.63) is 0 Å². The van der Waals surface area contributed by atoms with E-state index < -0.39 is 6.10 Å². The number of carbonyl (C=O) groups is 2. The van der Waals surface area contributed by atoms with E-state index >= 15 is 0 Å². The number of carbonyl (C=O) groups excluding carboxylic acids is 2. The Labute approximate surface area is 157 Å². The second kappa shape index (κ2) is 11.7. The van der Waals surface area contributed by atoms with Gasteiger partial charge < -0.3 is 20.7 Å². The summed E-state index contributed by atoms with van der Waals surface area (Å²) in [5.41, 5.74) is 5.43. The summed E-state index contributed by atoms with van der Waals surface area (Å²) in [7, 11) is 0. The summed E-state index contributed by atoms with van der Waals surface area (Å²) in [6, 6.07) is 0. The van der Waals surface area contributed by atoms with Gasteiger partial charge in [-0.25, -0.2) is 0 Å². The molecule has 1 saturated heterocycles. The predicted molar refractivity (Wildman–Crippen MR) is 101 cm³/mol. The normalized spacial score (nSPS) is 23.3. The van der Waals surface area contributed by atoms with Gasteiger partial charge in [-0.3, -0.25) is 9.59 Å². The van der Waals surface area contributed by atoms with E-state index in [-0.39, 0.29) is 36.2 Å². The molecule has 0 aromatic rings. The molecule has 25 heavy (non-hydrogen) atoms. The summed E-state index contributed by atoms with van der Waals surface area (Å²) in [5.74, 6) is -0.0924. The lowest BCUT2D eigenvalue weighted by molar-refractivity contribution is -0.149. The Bertz CT molecular complexity index is 414. The Kier molecular flexibility index (Phi) is 10.4. The van der Waals surface area contributed by atoms with Crippen molar-refractivity contribution in [3.8, 4) is 0 Å². The van der Waals surface area contributed by atoms with Crippen LogP contribution >= 0.6 is 12.4 Å². The van der Waals surface area contributed by atoms with Crippen LogP contribution in [0.5, 0.6) is 0 Å². The molecule has 2 unspecified atom stereocenters. The lowest BCUT2D eigenvalue weighted by Gasteiger charge is -2.34. The lowest BCUT2D eigenvalue weighted by atomic mass is 9.96. The number of hydrogen-bond donors (Lipinski definition) is 2. The van der Waals surface area contributed by atoms with Gasteiger partial charge in [0.1, 0.15) is 6.10 Å². The first kappa shape index (κ1) is 22.2. The minimum absolute atomic E-state index is 0. The van der Waals surface area contributed by atoms with Crippen LogP contribution in [0.1, 0.15) is 58.3 Å². The maximum absolute atomic E-state index is 12.7. The Hall–Kier alpha value is -0.850. The molecule has 1 heterocycles. The van der Waals surface area contributed by atoms with E-state index in [1.807, 2.05) is 6.92 Å². The minimum Gasteiger partial charge on any atom is -0.365 e. The second-order valence-corrected chi connectivity index (χ2v) is 7.09. The Morgan fingerprint density at radius 2 is 1.84 bits per heavy atom. The molecule has 146 valence electrons. The summed E-state index contributed by atoms with van der Waals surface area (Å²) in [4.78, 5) is 26.6. The van der Waals surface area contributed by atoms with E-state index in [0.717, 1.165) is 32.2 Å². The number of nitrogens with zero attached hydrogens (tertiary/aromatic N) is 1. The number of amides is 2. The molecule has 3 N–H and O–H groups in total. The highest BCUT2D eigenvalue weighted by Gasteiger charge is 2.31. The summed E-state index contributed by atoms with van der Waals surface area (Å²) in [6.45, 7) is 3.99. The predicted octanol–water partition coefficient (Wildman–Crippen LogP) is 1.85. The van der Waals surface area contributed by atoms with Crippen molar-refractivity contribution in [2.45, 2.75) is 70.5 Å². The third kappa shape index (κ3) is 7.12. The molecule has 2 rings (SSSR count). The van der Waals surface area contributed by atoms with Crippen molar-refractivity contribution in [1.29, 1.82) is 0 Å². The fraction of sp³-hybridized carbons (Fsp3) is 0.889. The number of nitrogens with one attached hydrogen (secondary N) is 1. The Morgan fingerprint density at radius 3 is 2.48 bits per heavy atom. The zero-order chi connectivity index (χ0) is 17.4. The van der Waals surface area contributed by atoms with E-state index in [4.69, 9.17) is 10.5 Å². The molecule has 0 aromatic carbocycles. The highest BCUT2D eigenvalue weighted by Crippen LogP contribution is 2.23. The maximum Gasteiger partial charge on any atom is 0.251 e. The van der Waals surface area contributed by atoms with Crippen LogP contribution in [-0.2, 0) is 14.3 Å². The average Bonchev–Trinajstić information content (AvgIpc) is 2.87. The van der Waals surface area contributed by atoms with Crippen molar-refractivity contribution in [2.24, 2.45) is 11.7 Å². The number of halogens is 1. The van der Waals surface area contributed by atoms with Crippen LogP contribution in [0.4, 0.5) is 0 Å². The van der Waals surface area contributed by atoms with Gasteiger partial charge in [0.15, 0.2) is 0 Å². The molecular weight excluding hydrogens is 342 g/mol. The maximum atomic E-state index is 12.7. The number of rotatable bonds is 6. The lowest BCUT2D eigenvalue weighted by Crippen LogP contribution is -2.49. The highest BCUT2D eigenvalue weighted by atomic mass is 35.5. The molecule has 0 spiro atoms. The molecule has 7 heteroatoms. The third-order valence-corrected chi connectivity index (χ3v) is 5.09. The van der Waals surface area contributed by atoms with Gasteiger partial charge in [0.25, 0.3) is 5.91 Å². The highest BCUT2D eigenvalue weighted by molar-refractivity contribution is 5.85. The number of ether oxygens (including phenoxy) is 1. The van der Waals surface area contributed by atoms with Crippen LogP contribution in [-0.4, -0.2) is 55.1 Å². The fourth-order valence-electron chi connectivity index (χ4n) is 3.71. The molecule has 2 atom stereocenters. The van der Waals surface area contributed by atoms with Gasteiger partial charge in [-0.2, -0.15) is 0 Å². The summed E-state index contributed by atoms with van der Waals surface area (Å²) in [6.07, 6.45) is 8.53. The molecule has 1 aliphatic heterocycles. The number of hydrogen-bond acceptors (Lipinski definition) is 4. The Morgan fingerprint density at radius 1 is 1.16 bits per heavy atom. The van der Waals surface area contributed by atoms with E-state index in [1.165, 1.54) is 25.7 Å². The van der Waals surface area contributed by atoms with Crippen molar-refractivity contribution < 1.29 is 14.3 Å². The van der Waals surface area contributed by atoms with Crippen molar-refractivity contribution in [3.63, 3.8) is 0 Å². The molecular formula is C18H34ClN3O3. The van der Waals surface area contributed by atoms with Gasteiger partial charge in [0.05, 0.1) is 12.0 Å². The SMILES string of the molecule is CC(OC1CCCCCC1)C(=O)N1CCCC(C(=O)NCCN)C1.Cl. The molecule has 0 aromatic heterocycles. The summed E-state index contributed by atoms with van der Waals surface area (Å²) >= 11 is 0. The number of nitrogens with two attached hydrogens (primary N) is 1. The van der Waals surface area contributed by atoms with E-state index in [9.17, 15) is 9.59 Å². The van der Waals surface area contributed by atoms with Crippen LogP contribution < -0.4 is 11.1 Å². The van der Waals surface area contributed by atoms with Crippen molar-refractivity contribution in [2.75, 3.05) is 26.2 Å². The quantitative estimate of drug-likeness (QED) is 0.694. The van der Waals surface area contributed by atoms with Gasteiger partial charge in [-0.15, -0.1) is 12.4 Å². The number of piperidine rings is 1. The molecule has 2 amide bonds. The number of likely N-dealkylation sites (tertiary alicyclic amines) is 1. The third-order valence-electron chi connectivity index (χ3n) is 5.09. The molecule has 1 saturated carbocycles. The first-order valence-electron chi connectivity index (χ1n) is 9.54. The zero-order valence-corrected chi connectivity index (χ0v) is 16.2. The molecule has 6 nitrogen and oxygen atoms in total. The van der Waals surface area contributed by atoms with Gasteiger partial charge in [-0.05, 0) is 32.6 Å². The first-order valence-corrected chi connectivity index (χ1v) is 9.54. The van der Waals surface area contributed by atoms with Crippen molar-refractivity contribution in [1.82, 2.24) is 10.2 Å². The minimum atomic E-state index is -0.418. The second-order valence-electron chi connectivity index (χ2n) is 7.09. The van der Waals surface area contributed by atoms with Crippen LogP contribution in [0.15, 0.2) is 0 Å². The molecule has 0 radical (unpaired) electrons. The smallest absolute Gasteiger partial charge is 0.251 e. The average molecular weight is 376 g/mol. The fourth-order valence-corrected chi connectivity index (χ4v) is 3.71. The van der Waals surface area contributed by atoms with E-state index in [2.05, 4.69) is 5.32 Å². The standard InChI is InChI=1S/C18H33N3O3.ClH/c1-14(24-16-8-4-2-3-5-9-16)18(23)21-12-6-7-15(13-21)17(22)20-11-10-19;/h14-16H,2-13,19H2,1H3,(H,20,22);1H. The topological polar surface area (TPSA) is 84.7 Å². The van der Waals surface area contributed by atoms with Gasteiger partial charge in [-0.1, -0.05) is 25.7 Å². The van der Waals surface area contributed by atoms with E-state index in [1.54, 1.807) is 4.90 Å². The molecule has 2 fully saturated rings. The monoisotopic (exact) mass is 375 g/mol. The van der Waals surface area contributed by atoms with E-state index in [0.29, 0.717) is 19.6 Å². The Balaban J connectivity index is 0.00000312. The van der Waals surface area contributed by atoms with Crippen LogP contribution in [0.25, 0.3) is 0 Å². The van der Waals surface area contributed by atoms with Gasteiger partial charge in [0, 0.05) is 26.2 Å². The first-order chi connectivity index (χ1) is 11.6. The van der Waals surface area contributed by atoms with Crippen LogP contribution in [0.3, 0.4) is 0 Å². The van der Waals surface area contributed by atoms with Gasteiger partial charge in [0.2, 0.25) is 5.91 Å². The molecule has 1 aliphatic carbocycles. The summed E-state index contributed by atoms with van der Waals surface area (Å²) < 4.78 is 6.04. The van der Waals surface area contributed by atoms with Crippen LogP contribution in [0, 0.1) is 5.92 Å². The molecule has 2 aliphatic rings. The van der Waals surface area contributed by atoms with Crippen molar-refractivity contribution >= 4 is 24.2 Å². The summed E-state index contributed by atoms with van der Waals surface area (Å²) in [5, 5.41) is 2.83. The van der Waals surface area contributed by atoms with Crippen LogP contribution in [0.2, 0.25) is 0 Å².